The first-order chi connectivity index (χ1) is 13.1. The number of methoxy groups -OCH3 is 1. The van der Waals surface area contributed by atoms with Crippen molar-refractivity contribution in [1.29, 1.82) is 0 Å². The monoisotopic (exact) mass is 381 g/mol. The average molecular weight is 382 g/mol. The highest BCUT2D eigenvalue weighted by atomic mass is 35.5. The van der Waals surface area contributed by atoms with Gasteiger partial charge in [0.2, 0.25) is 0 Å². The zero-order valence-electron chi connectivity index (χ0n) is 14.4. The third-order valence-electron chi connectivity index (χ3n) is 3.69. The Morgan fingerprint density at radius 2 is 1.74 bits per heavy atom. The molecule has 0 aliphatic heterocycles. The molecule has 0 spiro atoms. The number of benzene rings is 2. The summed E-state index contributed by atoms with van der Waals surface area (Å²) in [5, 5.41) is 6.43. The number of halogens is 1. The maximum atomic E-state index is 12.5. The van der Waals surface area contributed by atoms with Gasteiger partial charge in [-0.25, -0.2) is 4.79 Å². The molecule has 2 aromatic carbocycles. The van der Waals surface area contributed by atoms with Crippen LogP contribution in [-0.4, -0.2) is 24.0 Å². The molecule has 0 atom stereocenters. The van der Waals surface area contributed by atoms with Crippen LogP contribution in [-0.2, 0) is 4.74 Å². The molecule has 1 heterocycles. The van der Waals surface area contributed by atoms with Crippen LogP contribution in [0, 0.1) is 0 Å². The van der Waals surface area contributed by atoms with Gasteiger partial charge in [-0.3, -0.25) is 9.78 Å². The number of hydrogen-bond donors (Lipinski definition) is 2. The molecule has 2 N–H and O–H groups in total. The van der Waals surface area contributed by atoms with E-state index >= 15 is 0 Å². The standard InChI is InChI=1S/C20H16ClN3O3/c1-27-20(26)13-5-4-6-15(9-13)24-19(25)14-10-16(12-22-11-14)23-18-8-3-2-7-17(18)21/h2-12,23H,1H3,(H,24,25). The van der Waals surface area contributed by atoms with Crippen molar-refractivity contribution in [3.63, 3.8) is 0 Å². The largest absolute Gasteiger partial charge is 0.465 e. The number of carbonyl (C=O) groups is 2. The topological polar surface area (TPSA) is 80.3 Å². The average Bonchev–Trinajstić information content (AvgIpc) is 2.69. The third kappa shape index (κ3) is 4.62. The van der Waals surface area contributed by atoms with Crippen molar-refractivity contribution in [2.75, 3.05) is 17.7 Å². The molecule has 0 fully saturated rings. The van der Waals surface area contributed by atoms with Gasteiger partial charge in [0.05, 0.1) is 40.8 Å². The first-order valence-electron chi connectivity index (χ1n) is 8.03. The van der Waals surface area contributed by atoms with Crippen LogP contribution < -0.4 is 10.6 Å². The Morgan fingerprint density at radius 1 is 0.963 bits per heavy atom. The fraction of sp³-hybridized carbons (Fsp3) is 0.0500. The van der Waals surface area contributed by atoms with E-state index in [0.29, 0.717) is 33.2 Å². The molecule has 0 saturated heterocycles. The number of para-hydroxylation sites is 1. The van der Waals surface area contributed by atoms with Crippen LogP contribution in [0.25, 0.3) is 0 Å². The number of hydrogen-bond acceptors (Lipinski definition) is 5. The molecular weight excluding hydrogens is 366 g/mol. The quantitative estimate of drug-likeness (QED) is 0.635. The lowest BCUT2D eigenvalue weighted by molar-refractivity contribution is 0.0600. The van der Waals surface area contributed by atoms with Crippen LogP contribution in [0.3, 0.4) is 0 Å². The number of anilines is 3. The van der Waals surface area contributed by atoms with Gasteiger partial charge < -0.3 is 15.4 Å². The van der Waals surface area contributed by atoms with E-state index in [-0.39, 0.29) is 5.91 Å². The fourth-order valence-corrected chi connectivity index (χ4v) is 2.58. The molecule has 3 aromatic rings. The first-order valence-corrected chi connectivity index (χ1v) is 8.41. The summed E-state index contributed by atoms with van der Waals surface area (Å²) in [4.78, 5) is 28.2. The van der Waals surface area contributed by atoms with Gasteiger partial charge in [-0.2, -0.15) is 0 Å². The first kappa shape index (κ1) is 18.4. The lowest BCUT2D eigenvalue weighted by Gasteiger charge is -2.10. The Balaban J connectivity index is 1.76. The van der Waals surface area contributed by atoms with Crippen molar-refractivity contribution in [3.05, 3.63) is 83.1 Å². The van der Waals surface area contributed by atoms with Crippen molar-refractivity contribution in [2.24, 2.45) is 0 Å². The number of aromatic nitrogens is 1. The molecule has 3 rings (SSSR count). The number of ether oxygens (including phenoxy) is 1. The lowest BCUT2D eigenvalue weighted by atomic mass is 10.2. The lowest BCUT2D eigenvalue weighted by Crippen LogP contribution is -2.13. The Morgan fingerprint density at radius 3 is 2.52 bits per heavy atom. The second-order valence-electron chi connectivity index (χ2n) is 5.59. The van der Waals surface area contributed by atoms with Gasteiger partial charge in [-0.15, -0.1) is 0 Å². The number of amides is 1. The zero-order chi connectivity index (χ0) is 19.2. The summed E-state index contributed by atoms with van der Waals surface area (Å²) in [6.07, 6.45) is 3.05. The Bertz CT molecular complexity index is 991. The second kappa shape index (κ2) is 8.33. The molecule has 7 heteroatoms. The van der Waals surface area contributed by atoms with E-state index < -0.39 is 5.97 Å². The van der Waals surface area contributed by atoms with Crippen molar-refractivity contribution in [3.8, 4) is 0 Å². The summed E-state index contributed by atoms with van der Waals surface area (Å²) in [7, 11) is 1.30. The summed E-state index contributed by atoms with van der Waals surface area (Å²) in [6, 6.07) is 15.4. The third-order valence-corrected chi connectivity index (χ3v) is 4.02. The van der Waals surface area contributed by atoms with Crippen LogP contribution in [0.1, 0.15) is 20.7 Å². The van der Waals surface area contributed by atoms with Gasteiger partial charge in [-0.1, -0.05) is 29.8 Å². The van der Waals surface area contributed by atoms with Crippen molar-refractivity contribution < 1.29 is 14.3 Å². The van der Waals surface area contributed by atoms with Crippen molar-refractivity contribution >= 4 is 40.5 Å². The second-order valence-corrected chi connectivity index (χ2v) is 6.00. The molecule has 0 radical (unpaired) electrons. The van der Waals surface area contributed by atoms with Crippen LogP contribution >= 0.6 is 11.6 Å². The van der Waals surface area contributed by atoms with Gasteiger partial charge in [0.15, 0.2) is 0 Å². The summed E-state index contributed by atoms with van der Waals surface area (Å²) in [5.74, 6) is -0.828. The van der Waals surface area contributed by atoms with Crippen LogP contribution in [0.2, 0.25) is 5.02 Å². The number of nitrogens with zero attached hydrogens (tertiary/aromatic N) is 1. The van der Waals surface area contributed by atoms with Gasteiger partial charge in [0, 0.05) is 11.9 Å². The van der Waals surface area contributed by atoms with E-state index in [1.54, 1.807) is 42.6 Å². The number of nitrogens with one attached hydrogen (secondary N) is 2. The molecule has 1 aromatic heterocycles. The van der Waals surface area contributed by atoms with Crippen LogP contribution in [0.15, 0.2) is 67.0 Å². The molecule has 0 bridgehead atoms. The highest BCUT2D eigenvalue weighted by Gasteiger charge is 2.11. The highest BCUT2D eigenvalue weighted by molar-refractivity contribution is 6.33. The minimum absolute atomic E-state index is 0.350. The maximum absolute atomic E-state index is 12.5. The molecule has 1 amide bonds. The van der Waals surface area contributed by atoms with Gasteiger partial charge >= 0.3 is 5.97 Å². The molecule has 27 heavy (non-hydrogen) atoms. The van der Waals surface area contributed by atoms with E-state index in [4.69, 9.17) is 11.6 Å². The molecule has 0 aliphatic rings. The predicted octanol–water partition coefficient (Wildman–Crippen LogP) is 4.52. The molecule has 0 unspecified atom stereocenters. The Labute approximate surface area is 161 Å². The summed E-state index contributed by atoms with van der Waals surface area (Å²) >= 11 is 6.14. The molecular formula is C20H16ClN3O3. The SMILES string of the molecule is COC(=O)c1cccc(NC(=O)c2cncc(Nc3ccccc3Cl)c2)c1. The van der Waals surface area contributed by atoms with Crippen LogP contribution in [0.5, 0.6) is 0 Å². The van der Waals surface area contributed by atoms with Gasteiger partial charge in [0.1, 0.15) is 0 Å². The van der Waals surface area contributed by atoms with E-state index in [1.807, 2.05) is 18.2 Å². The van der Waals surface area contributed by atoms with Crippen LogP contribution in [0.4, 0.5) is 17.1 Å². The molecule has 0 aliphatic carbocycles. The summed E-state index contributed by atoms with van der Waals surface area (Å²) in [5.41, 5.74) is 2.52. The Kier molecular flexibility index (Phi) is 5.68. The predicted molar refractivity (Wildman–Crippen MR) is 105 cm³/mol. The van der Waals surface area contributed by atoms with E-state index in [1.165, 1.54) is 13.3 Å². The smallest absolute Gasteiger partial charge is 0.337 e. The van der Waals surface area contributed by atoms with E-state index in [9.17, 15) is 9.59 Å². The normalized spacial score (nSPS) is 10.1. The molecule has 136 valence electrons. The molecule has 0 saturated carbocycles. The van der Waals surface area contributed by atoms with Gasteiger partial charge in [-0.05, 0) is 36.4 Å². The fourth-order valence-electron chi connectivity index (χ4n) is 2.40. The van der Waals surface area contributed by atoms with Crippen molar-refractivity contribution in [1.82, 2.24) is 4.98 Å². The van der Waals surface area contributed by atoms with E-state index in [2.05, 4.69) is 20.4 Å². The zero-order valence-corrected chi connectivity index (χ0v) is 15.2. The Hall–Kier alpha value is -3.38. The minimum Gasteiger partial charge on any atom is -0.465 e. The van der Waals surface area contributed by atoms with E-state index in [0.717, 1.165) is 0 Å². The number of esters is 1. The van der Waals surface area contributed by atoms with Gasteiger partial charge in [0.25, 0.3) is 5.91 Å². The number of rotatable bonds is 5. The molecule has 6 nitrogen and oxygen atoms in total. The summed E-state index contributed by atoms with van der Waals surface area (Å²) < 4.78 is 4.68. The number of carbonyl (C=O) groups excluding carboxylic acids is 2. The number of pyridine rings is 1. The summed E-state index contributed by atoms with van der Waals surface area (Å²) in [6.45, 7) is 0. The highest BCUT2D eigenvalue weighted by Crippen LogP contribution is 2.25. The van der Waals surface area contributed by atoms with Crippen molar-refractivity contribution in [2.45, 2.75) is 0 Å². The maximum Gasteiger partial charge on any atom is 0.337 e. The minimum atomic E-state index is -0.473.